The summed E-state index contributed by atoms with van der Waals surface area (Å²) in [6, 6.07) is 34.8. The van der Waals surface area contributed by atoms with Gasteiger partial charge < -0.3 is 20.4 Å². The van der Waals surface area contributed by atoms with E-state index in [0.717, 1.165) is 58.0 Å². The third-order valence-corrected chi connectivity index (χ3v) is 10.8. The van der Waals surface area contributed by atoms with Gasteiger partial charge in [-0.2, -0.15) is 0 Å². The van der Waals surface area contributed by atoms with Crippen molar-refractivity contribution in [2.24, 2.45) is 0 Å². The van der Waals surface area contributed by atoms with Gasteiger partial charge in [-0.1, -0.05) is 100 Å². The van der Waals surface area contributed by atoms with Crippen molar-refractivity contribution < 1.29 is 10.2 Å². The van der Waals surface area contributed by atoms with E-state index in [0.29, 0.717) is 0 Å². The van der Waals surface area contributed by atoms with E-state index in [1.54, 1.807) is 0 Å². The van der Waals surface area contributed by atoms with Crippen LogP contribution in [0, 0.1) is 0 Å². The van der Waals surface area contributed by atoms with E-state index >= 15 is 0 Å². The van der Waals surface area contributed by atoms with E-state index in [4.69, 9.17) is 0 Å². The van der Waals surface area contributed by atoms with Crippen LogP contribution in [0.3, 0.4) is 0 Å². The average molecular weight is 639 g/mol. The lowest BCUT2D eigenvalue weighted by Crippen LogP contribution is -2.51. The highest BCUT2D eigenvalue weighted by Crippen LogP contribution is 2.52. The van der Waals surface area contributed by atoms with Gasteiger partial charge in [-0.15, -0.1) is 0 Å². The second-order valence-corrected chi connectivity index (χ2v) is 13.8. The Kier molecular flexibility index (Phi) is 9.57. The van der Waals surface area contributed by atoms with Crippen molar-refractivity contribution in [1.29, 1.82) is 0 Å². The quantitative estimate of drug-likeness (QED) is 0.0870. The van der Waals surface area contributed by atoms with Crippen LogP contribution in [0.5, 0.6) is 0 Å². The van der Waals surface area contributed by atoms with E-state index in [1.807, 2.05) is 0 Å². The predicted octanol–water partition coefficient (Wildman–Crippen LogP) is 10.5. The fourth-order valence-electron chi connectivity index (χ4n) is 8.19. The molecule has 7 rings (SSSR count). The Bertz CT molecular complexity index is 2030. The lowest BCUT2D eigenvalue weighted by Gasteiger charge is -2.48. The highest BCUT2D eigenvalue weighted by molar-refractivity contribution is 6.07. The Labute approximate surface area is 285 Å². The molecule has 4 heteroatoms. The molecule has 0 amide bonds. The first-order chi connectivity index (χ1) is 23.5. The second-order valence-electron chi connectivity index (χ2n) is 13.8. The monoisotopic (exact) mass is 638 g/mol. The van der Waals surface area contributed by atoms with Crippen molar-refractivity contribution >= 4 is 54.5 Å². The molecule has 2 atom stereocenters. The first-order valence-electron chi connectivity index (χ1n) is 18.3. The fourth-order valence-corrected chi connectivity index (χ4v) is 8.19. The molecule has 1 aliphatic rings. The molecule has 3 N–H and O–H groups in total. The Morgan fingerprint density at radius 1 is 0.542 bits per heavy atom. The molecule has 6 aromatic carbocycles. The van der Waals surface area contributed by atoms with Gasteiger partial charge in [-0.25, -0.2) is 0 Å². The smallest absolute Gasteiger partial charge is 0.0727 e. The van der Waals surface area contributed by atoms with Crippen LogP contribution in [0.15, 0.2) is 97.1 Å². The zero-order valence-corrected chi connectivity index (χ0v) is 28.8. The number of rotatable bonds is 13. The Hall–Kier alpha value is -4.12. The number of anilines is 2. The molecule has 1 fully saturated rings. The van der Waals surface area contributed by atoms with Crippen LogP contribution in [0.1, 0.15) is 82.3 Å². The number of hydrogen-bond donors (Lipinski definition) is 3. The van der Waals surface area contributed by atoms with E-state index in [-0.39, 0.29) is 11.8 Å². The van der Waals surface area contributed by atoms with Crippen molar-refractivity contribution in [1.82, 2.24) is 0 Å². The first kappa shape index (κ1) is 32.4. The summed E-state index contributed by atoms with van der Waals surface area (Å²) < 4.78 is 0. The lowest BCUT2D eigenvalue weighted by atomic mass is 9.62. The van der Waals surface area contributed by atoms with Gasteiger partial charge in [0.05, 0.1) is 12.2 Å². The highest BCUT2D eigenvalue weighted by Gasteiger charge is 2.51. The van der Waals surface area contributed by atoms with Crippen LogP contribution in [-0.2, 0) is 0 Å². The summed E-state index contributed by atoms with van der Waals surface area (Å²) in [6.07, 6.45) is 5.81. The number of unbranched alkanes of at least 4 members (excludes halogenated alkanes) is 4. The molecular formula is C44H50N2O2. The summed E-state index contributed by atoms with van der Waals surface area (Å²) in [5, 5.41) is 36.9. The summed E-state index contributed by atoms with van der Waals surface area (Å²) >= 11 is 0. The van der Waals surface area contributed by atoms with E-state index < -0.39 is 12.2 Å². The zero-order valence-electron chi connectivity index (χ0n) is 28.8. The first-order valence-corrected chi connectivity index (χ1v) is 18.3. The molecule has 6 aromatic rings. The molecule has 2 unspecified atom stereocenters. The minimum absolute atomic E-state index is 0.370. The SMILES string of the molecule is CCCCCN(CCCCC)c1ccc(C2C(O)C(c3ccc(NCC)c4cc5ccccc5cc34)C2O)c2cc3ccccc3cc12. The third kappa shape index (κ3) is 5.90. The van der Waals surface area contributed by atoms with Crippen molar-refractivity contribution in [2.45, 2.75) is 83.3 Å². The zero-order chi connectivity index (χ0) is 33.2. The minimum atomic E-state index is -0.703. The molecule has 0 saturated heterocycles. The summed E-state index contributed by atoms with van der Waals surface area (Å²) in [5.74, 6) is -0.741. The van der Waals surface area contributed by atoms with Crippen molar-refractivity contribution in [3.63, 3.8) is 0 Å². The molecule has 1 aliphatic carbocycles. The van der Waals surface area contributed by atoms with Crippen LogP contribution in [0.25, 0.3) is 43.1 Å². The minimum Gasteiger partial charge on any atom is -0.392 e. The van der Waals surface area contributed by atoms with Crippen LogP contribution in [0.4, 0.5) is 11.4 Å². The Morgan fingerprint density at radius 2 is 1.00 bits per heavy atom. The van der Waals surface area contributed by atoms with Gasteiger partial charge in [-0.3, -0.25) is 0 Å². The summed E-state index contributed by atoms with van der Waals surface area (Å²) in [7, 11) is 0. The number of aliphatic hydroxyl groups excluding tert-OH is 2. The normalized spacial score (nSPS) is 19.3. The van der Waals surface area contributed by atoms with Gasteiger partial charge >= 0.3 is 0 Å². The molecule has 0 spiro atoms. The molecule has 0 heterocycles. The molecule has 1 saturated carbocycles. The molecule has 0 bridgehead atoms. The standard InChI is InChI=1S/C44H50N2O2/c1-4-7-13-23-46(24-14-8-5-2)40-22-20-34(36-26-30-16-10-12-18-32(30)28-38(36)40)42-43(47)41(44(42)48)33-19-21-39(45-6-3)37-27-31-17-11-9-15-29(31)25-35(33)37/h9-12,15-22,25-28,41-45,47-48H,4-8,13-14,23-24H2,1-3H3. The van der Waals surface area contributed by atoms with Crippen molar-refractivity contribution in [3.05, 3.63) is 108 Å². The maximum Gasteiger partial charge on any atom is 0.0727 e. The van der Waals surface area contributed by atoms with Crippen LogP contribution < -0.4 is 10.2 Å². The number of hydrogen-bond acceptors (Lipinski definition) is 4. The van der Waals surface area contributed by atoms with Gasteiger partial charge in [0.25, 0.3) is 0 Å². The average Bonchev–Trinajstić information content (AvgIpc) is 3.11. The number of fused-ring (bicyclic) bond motifs is 4. The number of nitrogens with one attached hydrogen (secondary N) is 1. The topological polar surface area (TPSA) is 55.7 Å². The van der Waals surface area contributed by atoms with E-state index in [9.17, 15) is 10.2 Å². The summed E-state index contributed by atoms with van der Waals surface area (Å²) in [5.41, 5.74) is 4.40. The Morgan fingerprint density at radius 3 is 1.50 bits per heavy atom. The van der Waals surface area contributed by atoms with Crippen molar-refractivity contribution in [2.75, 3.05) is 29.9 Å². The summed E-state index contributed by atoms with van der Waals surface area (Å²) in [6.45, 7) is 9.55. The van der Waals surface area contributed by atoms with E-state index in [1.165, 1.54) is 65.8 Å². The molecule has 0 radical (unpaired) electrons. The third-order valence-electron chi connectivity index (χ3n) is 10.8. The summed E-state index contributed by atoms with van der Waals surface area (Å²) in [4.78, 5) is 2.59. The fraction of sp³-hybridized carbons (Fsp3) is 0.364. The number of nitrogens with zero attached hydrogens (tertiary/aromatic N) is 1. The van der Waals surface area contributed by atoms with Crippen LogP contribution >= 0.6 is 0 Å². The molecular weight excluding hydrogens is 588 g/mol. The highest BCUT2D eigenvalue weighted by atomic mass is 16.3. The number of benzene rings is 6. The largest absolute Gasteiger partial charge is 0.392 e. The molecule has 48 heavy (non-hydrogen) atoms. The van der Waals surface area contributed by atoms with Crippen molar-refractivity contribution in [3.8, 4) is 0 Å². The van der Waals surface area contributed by atoms with Gasteiger partial charge in [0, 0.05) is 53.6 Å². The maximum absolute atomic E-state index is 12.0. The molecule has 4 nitrogen and oxygen atoms in total. The van der Waals surface area contributed by atoms with Gasteiger partial charge in [-0.05, 0) is 99.6 Å². The van der Waals surface area contributed by atoms with E-state index in [2.05, 4.69) is 128 Å². The van der Waals surface area contributed by atoms with Crippen LogP contribution in [-0.4, -0.2) is 42.1 Å². The Balaban J connectivity index is 1.31. The maximum atomic E-state index is 12.0. The molecule has 0 aromatic heterocycles. The van der Waals surface area contributed by atoms with Gasteiger partial charge in [0.1, 0.15) is 0 Å². The second kappa shape index (κ2) is 14.2. The lowest BCUT2D eigenvalue weighted by molar-refractivity contribution is -0.0775. The molecule has 0 aliphatic heterocycles. The van der Waals surface area contributed by atoms with Crippen LogP contribution in [0.2, 0.25) is 0 Å². The van der Waals surface area contributed by atoms with Gasteiger partial charge in [0.2, 0.25) is 0 Å². The number of aliphatic hydroxyl groups is 2. The predicted molar refractivity (Wildman–Crippen MR) is 206 cm³/mol. The van der Waals surface area contributed by atoms with Gasteiger partial charge in [0.15, 0.2) is 0 Å². The molecule has 248 valence electrons.